The van der Waals surface area contributed by atoms with E-state index in [4.69, 9.17) is 5.73 Å². The van der Waals surface area contributed by atoms with Gasteiger partial charge in [0.05, 0.1) is 6.61 Å². The average Bonchev–Trinajstić information content (AvgIpc) is 2.33. The SMILES string of the molecule is NC1CCC(CNC(=O)CCOCC(F)(F)F)CC1. The van der Waals surface area contributed by atoms with Crippen LogP contribution in [0.25, 0.3) is 0 Å². The predicted octanol–water partition coefficient (Wildman–Crippen LogP) is 1.59. The van der Waals surface area contributed by atoms with Crippen LogP contribution in [-0.2, 0) is 9.53 Å². The third kappa shape index (κ3) is 8.05. The Morgan fingerprint density at radius 1 is 1.26 bits per heavy atom. The lowest BCUT2D eigenvalue weighted by molar-refractivity contribution is -0.174. The smallest absolute Gasteiger partial charge is 0.372 e. The molecule has 1 aliphatic rings. The summed E-state index contributed by atoms with van der Waals surface area (Å²) in [5.41, 5.74) is 5.77. The van der Waals surface area contributed by atoms with Gasteiger partial charge in [-0.05, 0) is 31.6 Å². The first-order valence-corrected chi connectivity index (χ1v) is 6.53. The van der Waals surface area contributed by atoms with Crippen molar-refractivity contribution in [1.82, 2.24) is 5.32 Å². The first kappa shape index (κ1) is 16.2. The maximum absolute atomic E-state index is 11.8. The Balaban J connectivity index is 2.02. The predicted molar refractivity (Wildman–Crippen MR) is 64.4 cm³/mol. The van der Waals surface area contributed by atoms with Gasteiger partial charge < -0.3 is 15.8 Å². The zero-order chi connectivity index (χ0) is 14.3. The highest BCUT2D eigenvalue weighted by Gasteiger charge is 2.27. The lowest BCUT2D eigenvalue weighted by Crippen LogP contribution is -2.34. The second-order valence-corrected chi connectivity index (χ2v) is 5.00. The molecule has 0 aromatic carbocycles. The second kappa shape index (κ2) is 7.69. The summed E-state index contributed by atoms with van der Waals surface area (Å²) in [6.07, 6.45) is -0.456. The van der Waals surface area contributed by atoms with E-state index in [1.807, 2.05) is 0 Å². The van der Waals surface area contributed by atoms with Crippen molar-refractivity contribution >= 4 is 5.91 Å². The van der Waals surface area contributed by atoms with Crippen molar-refractivity contribution in [3.8, 4) is 0 Å². The van der Waals surface area contributed by atoms with Crippen LogP contribution in [-0.4, -0.2) is 37.9 Å². The van der Waals surface area contributed by atoms with Crippen molar-refractivity contribution in [3.63, 3.8) is 0 Å². The highest BCUT2D eigenvalue weighted by Crippen LogP contribution is 2.22. The standard InChI is InChI=1S/C12H21F3N2O2/c13-12(14,15)8-19-6-5-11(18)17-7-9-1-3-10(16)4-2-9/h9-10H,1-8,16H2,(H,17,18). The van der Waals surface area contributed by atoms with Gasteiger partial charge in [-0.3, -0.25) is 4.79 Å². The van der Waals surface area contributed by atoms with E-state index in [0.29, 0.717) is 12.5 Å². The van der Waals surface area contributed by atoms with E-state index >= 15 is 0 Å². The molecule has 0 saturated heterocycles. The van der Waals surface area contributed by atoms with E-state index in [1.54, 1.807) is 0 Å². The average molecular weight is 282 g/mol. The molecule has 0 aliphatic heterocycles. The highest BCUT2D eigenvalue weighted by molar-refractivity contribution is 5.75. The Morgan fingerprint density at radius 3 is 2.47 bits per heavy atom. The quantitative estimate of drug-likeness (QED) is 0.727. The molecule has 1 amide bonds. The molecule has 1 saturated carbocycles. The zero-order valence-electron chi connectivity index (χ0n) is 10.8. The van der Waals surface area contributed by atoms with Gasteiger partial charge in [-0.25, -0.2) is 0 Å². The summed E-state index contributed by atoms with van der Waals surface area (Å²) in [6, 6.07) is 0.266. The van der Waals surface area contributed by atoms with Gasteiger partial charge in [0.25, 0.3) is 0 Å². The number of ether oxygens (including phenoxy) is 1. The lowest BCUT2D eigenvalue weighted by Gasteiger charge is -2.26. The third-order valence-corrected chi connectivity index (χ3v) is 3.22. The van der Waals surface area contributed by atoms with E-state index < -0.39 is 12.8 Å². The first-order valence-electron chi connectivity index (χ1n) is 6.53. The van der Waals surface area contributed by atoms with Gasteiger partial charge in [0.2, 0.25) is 5.91 Å². The minimum atomic E-state index is -4.34. The first-order chi connectivity index (χ1) is 8.87. The third-order valence-electron chi connectivity index (χ3n) is 3.22. The van der Waals surface area contributed by atoms with Crippen LogP contribution in [0.3, 0.4) is 0 Å². The van der Waals surface area contributed by atoms with Gasteiger partial charge in [0, 0.05) is 19.0 Å². The monoisotopic (exact) mass is 282 g/mol. The summed E-state index contributed by atoms with van der Waals surface area (Å²) in [7, 11) is 0. The Bertz CT molecular complexity index is 277. The summed E-state index contributed by atoms with van der Waals surface area (Å²) in [5, 5.41) is 2.72. The number of hydrogen-bond acceptors (Lipinski definition) is 3. The molecule has 0 heterocycles. The molecule has 1 fully saturated rings. The van der Waals surface area contributed by atoms with E-state index in [-0.39, 0.29) is 25.0 Å². The number of halogens is 3. The fraction of sp³-hybridized carbons (Fsp3) is 0.917. The van der Waals surface area contributed by atoms with Gasteiger partial charge in [-0.15, -0.1) is 0 Å². The zero-order valence-corrected chi connectivity index (χ0v) is 10.8. The molecule has 112 valence electrons. The molecule has 7 heteroatoms. The molecule has 0 spiro atoms. The van der Waals surface area contributed by atoms with E-state index in [0.717, 1.165) is 25.7 Å². The molecule has 4 nitrogen and oxygen atoms in total. The van der Waals surface area contributed by atoms with Crippen LogP contribution in [0.1, 0.15) is 32.1 Å². The highest BCUT2D eigenvalue weighted by atomic mass is 19.4. The van der Waals surface area contributed by atoms with Crippen LogP contribution in [0.4, 0.5) is 13.2 Å². The number of nitrogens with one attached hydrogen (secondary N) is 1. The molecule has 0 bridgehead atoms. The minimum absolute atomic E-state index is 0.0394. The number of hydrogen-bond donors (Lipinski definition) is 2. The molecule has 0 unspecified atom stereocenters. The Labute approximate surface area is 110 Å². The lowest BCUT2D eigenvalue weighted by atomic mass is 9.86. The summed E-state index contributed by atoms with van der Waals surface area (Å²) < 4.78 is 39.7. The van der Waals surface area contributed by atoms with Gasteiger partial charge in [-0.1, -0.05) is 0 Å². The number of carbonyl (C=O) groups excluding carboxylic acids is 1. The molecule has 0 aromatic heterocycles. The second-order valence-electron chi connectivity index (χ2n) is 5.00. The normalized spacial score (nSPS) is 24.2. The van der Waals surface area contributed by atoms with Crippen LogP contribution in [0.15, 0.2) is 0 Å². The summed E-state index contributed by atoms with van der Waals surface area (Å²) in [5.74, 6) is 0.164. The number of rotatable bonds is 6. The Hall–Kier alpha value is -0.820. The topological polar surface area (TPSA) is 64.3 Å². The molecule has 1 aliphatic carbocycles. The molecular formula is C12H21F3N2O2. The van der Waals surface area contributed by atoms with Crippen molar-refractivity contribution < 1.29 is 22.7 Å². The summed E-state index contributed by atoms with van der Waals surface area (Å²) in [4.78, 5) is 11.4. The van der Waals surface area contributed by atoms with Crippen LogP contribution >= 0.6 is 0 Å². The van der Waals surface area contributed by atoms with Crippen molar-refractivity contribution in [2.45, 2.75) is 44.3 Å². The number of amides is 1. The van der Waals surface area contributed by atoms with E-state index in [2.05, 4.69) is 10.1 Å². The van der Waals surface area contributed by atoms with Gasteiger partial charge in [0.1, 0.15) is 6.61 Å². The van der Waals surface area contributed by atoms with E-state index in [1.165, 1.54) is 0 Å². The largest absolute Gasteiger partial charge is 0.411 e. The van der Waals surface area contributed by atoms with E-state index in [9.17, 15) is 18.0 Å². The molecule has 0 radical (unpaired) electrons. The van der Waals surface area contributed by atoms with Crippen LogP contribution in [0.2, 0.25) is 0 Å². The fourth-order valence-corrected chi connectivity index (χ4v) is 2.09. The van der Waals surface area contributed by atoms with Crippen LogP contribution in [0, 0.1) is 5.92 Å². The number of nitrogens with two attached hydrogens (primary N) is 1. The maximum Gasteiger partial charge on any atom is 0.411 e. The fourth-order valence-electron chi connectivity index (χ4n) is 2.09. The molecular weight excluding hydrogens is 261 g/mol. The molecule has 19 heavy (non-hydrogen) atoms. The summed E-state index contributed by atoms with van der Waals surface area (Å²) in [6.45, 7) is -0.938. The number of carbonyl (C=O) groups is 1. The molecule has 1 rings (SSSR count). The maximum atomic E-state index is 11.8. The Morgan fingerprint density at radius 2 is 1.89 bits per heavy atom. The molecule has 3 N–H and O–H groups in total. The molecule has 0 aromatic rings. The van der Waals surface area contributed by atoms with Crippen LogP contribution < -0.4 is 11.1 Å². The van der Waals surface area contributed by atoms with Gasteiger partial charge >= 0.3 is 6.18 Å². The van der Waals surface area contributed by atoms with Gasteiger partial charge in [-0.2, -0.15) is 13.2 Å². The summed E-state index contributed by atoms with van der Waals surface area (Å²) >= 11 is 0. The molecule has 0 atom stereocenters. The Kier molecular flexibility index (Phi) is 6.57. The van der Waals surface area contributed by atoms with Crippen LogP contribution in [0.5, 0.6) is 0 Å². The van der Waals surface area contributed by atoms with Crippen molar-refractivity contribution in [2.24, 2.45) is 11.7 Å². The number of alkyl halides is 3. The van der Waals surface area contributed by atoms with Crippen molar-refractivity contribution in [2.75, 3.05) is 19.8 Å². The minimum Gasteiger partial charge on any atom is -0.372 e. The van der Waals surface area contributed by atoms with Gasteiger partial charge in [0.15, 0.2) is 0 Å². The van der Waals surface area contributed by atoms with Crippen molar-refractivity contribution in [1.29, 1.82) is 0 Å². The van der Waals surface area contributed by atoms with Crippen molar-refractivity contribution in [3.05, 3.63) is 0 Å².